The zero-order valence-electron chi connectivity index (χ0n) is 18.2. The van der Waals surface area contributed by atoms with Gasteiger partial charge in [-0.05, 0) is 25.5 Å². The lowest BCUT2D eigenvalue weighted by Crippen LogP contribution is -2.65. The molecule has 0 saturated carbocycles. The molecule has 0 spiro atoms. The second-order valence-corrected chi connectivity index (χ2v) is 10.1. The van der Waals surface area contributed by atoms with Crippen LogP contribution in [0, 0.1) is 12.7 Å². The van der Waals surface area contributed by atoms with Gasteiger partial charge in [-0.1, -0.05) is 6.92 Å². The Morgan fingerprint density at radius 3 is 2.71 bits per heavy atom. The van der Waals surface area contributed by atoms with Gasteiger partial charge in [-0.25, -0.2) is 31.6 Å². The number of fused-ring (bicyclic) bond motifs is 1. The number of pyridine rings is 2. The summed E-state index contributed by atoms with van der Waals surface area (Å²) in [6.45, 7) is 2.50. The van der Waals surface area contributed by atoms with Crippen molar-refractivity contribution in [1.82, 2.24) is 19.7 Å². The summed E-state index contributed by atoms with van der Waals surface area (Å²) >= 11 is 0. The van der Waals surface area contributed by atoms with Crippen LogP contribution >= 0.6 is 0 Å². The number of halogens is 3. The number of aryl methyl sites for hydroxylation is 1. The number of nitrogens with zero attached hydrogens (tertiary/aromatic N) is 3. The van der Waals surface area contributed by atoms with Gasteiger partial charge in [0.15, 0.2) is 15.6 Å². The number of hydrogen-bond donors (Lipinski definition) is 1. The summed E-state index contributed by atoms with van der Waals surface area (Å²) in [5.74, 6) is -1.81. The number of alkyl halides is 2. The SMILES string of the molecule is CCC1(NC(=O)c2nc3ccc(Oc4ncc(F)cc4OCC(F)F)cn3c2C)CS(=O)(=O)C1. The molecule has 0 atom stereocenters. The minimum absolute atomic E-state index is 0.118. The number of amides is 1. The quantitative estimate of drug-likeness (QED) is 0.508. The van der Waals surface area contributed by atoms with Gasteiger partial charge in [0.1, 0.15) is 29.5 Å². The summed E-state index contributed by atoms with van der Waals surface area (Å²) in [7, 11) is -3.15. The van der Waals surface area contributed by atoms with Crippen molar-refractivity contribution in [1.29, 1.82) is 0 Å². The van der Waals surface area contributed by atoms with E-state index in [0.29, 0.717) is 17.8 Å². The smallest absolute Gasteiger partial charge is 0.272 e. The zero-order valence-corrected chi connectivity index (χ0v) is 19.0. The van der Waals surface area contributed by atoms with Gasteiger partial charge in [0.05, 0.1) is 35.1 Å². The van der Waals surface area contributed by atoms with E-state index in [-0.39, 0.29) is 34.6 Å². The molecular weight excluding hydrogens is 477 g/mol. The lowest BCUT2D eigenvalue weighted by Gasteiger charge is -2.40. The van der Waals surface area contributed by atoms with Crippen molar-refractivity contribution in [2.75, 3.05) is 18.1 Å². The van der Waals surface area contributed by atoms with Crippen LogP contribution in [0.5, 0.6) is 17.4 Å². The third-order valence-electron chi connectivity index (χ3n) is 5.46. The predicted octanol–water partition coefficient (Wildman–Crippen LogP) is 2.92. The molecule has 0 radical (unpaired) electrons. The van der Waals surface area contributed by atoms with Gasteiger partial charge in [-0.2, -0.15) is 0 Å². The number of aromatic nitrogens is 3. The van der Waals surface area contributed by atoms with Crippen LogP contribution in [-0.2, 0) is 9.84 Å². The van der Waals surface area contributed by atoms with Crippen molar-refractivity contribution in [2.24, 2.45) is 0 Å². The third-order valence-corrected chi connectivity index (χ3v) is 7.44. The summed E-state index contributed by atoms with van der Waals surface area (Å²) in [6.07, 6.45) is 0.0543. The number of carbonyl (C=O) groups is 1. The number of hydrogen-bond acceptors (Lipinski definition) is 7. The van der Waals surface area contributed by atoms with Crippen LogP contribution in [0.15, 0.2) is 30.6 Å². The first-order valence-electron chi connectivity index (χ1n) is 10.3. The van der Waals surface area contributed by atoms with Gasteiger partial charge >= 0.3 is 0 Å². The molecule has 3 aromatic rings. The Morgan fingerprint density at radius 2 is 2.06 bits per heavy atom. The maximum absolute atomic E-state index is 13.5. The molecular formula is C21H21F3N4O5S. The summed E-state index contributed by atoms with van der Waals surface area (Å²) in [5.41, 5.74) is 0.195. The standard InChI is InChI=1S/C21H21F3N4O5S/c1-3-21(10-34(30,31)11-21)27-19(29)18-12(2)28-8-14(4-5-17(28)26-18)33-20-15(32-9-16(23)24)6-13(22)7-25-20/h4-8,16H,3,9-11H2,1-2H3,(H,27,29). The van der Waals surface area contributed by atoms with Crippen LogP contribution < -0.4 is 14.8 Å². The maximum atomic E-state index is 13.5. The molecule has 0 unspecified atom stereocenters. The molecule has 4 heterocycles. The molecule has 0 bridgehead atoms. The summed E-state index contributed by atoms with van der Waals surface area (Å²) in [4.78, 5) is 20.9. The first kappa shape index (κ1) is 23.8. The van der Waals surface area contributed by atoms with Crippen LogP contribution in [0.1, 0.15) is 29.5 Å². The Kier molecular flexibility index (Phi) is 6.14. The fourth-order valence-corrected chi connectivity index (χ4v) is 5.89. The molecule has 182 valence electrons. The van der Waals surface area contributed by atoms with Crippen LogP contribution in [0.4, 0.5) is 13.2 Å². The molecule has 4 rings (SSSR count). The van der Waals surface area contributed by atoms with Crippen molar-refractivity contribution in [3.05, 3.63) is 47.8 Å². The first-order chi connectivity index (χ1) is 16.0. The van der Waals surface area contributed by atoms with Crippen molar-refractivity contribution in [3.63, 3.8) is 0 Å². The van der Waals surface area contributed by atoms with E-state index < -0.39 is 40.1 Å². The monoisotopic (exact) mass is 498 g/mol. The second-order valence-electron chi connectivity index (χ2n) is 8.02. The highest BCUT2D eigenvalue weighted by atomic mass is 32.2. The molecule has 1 aliphatic rings. The van der Waals surface area contributed by atoms with Crippen molar-refractivity contribution in [2.45, 2.75) is 32.2 Å². The molecule has 1 fully saturated rings. The van der Waals surface area contributed by atoms with E-state index in [4.69, 9.17) is 9.47 Å². The normalized spacial score (nSPS) is 16.3. The number of nitrogens with one attached hydrogen (secondary N) is 1. The number of imidazole rings is 1. The average Bonchev–Trinajstić information content (AvgIpc) is 3.08. The minimum Gasteiger partial charge on any atom is -0.482 e. The molecule has 34 heavy (non-hydrogen) atoms. The topological polar surface area (TPSA) is 112 Å². The van der Waals surface area contributed by atoms with Crippen molar-refractivity contribution < 1.29 is 35.9 Å². The van der Waals surface area contributed by atoms with Crippen molar-refractivity contribution >= 4 is 21.4 Å². The van der Waals surface area contributed by atoms with Crippen LogP contribution in [0.3, 0.4) is 0 Å². The molecule has 13 heteroatoms. The zero-order chi connectivity index (χ0) is 24.7. The Labute approximate surface area is 192 Å². The van der Waals surface area contributed by atoms with Gasteiger partial charge in [0.2, 0.25) is 0 Å². The third kappa shape index (κ3) is 4.79. The van der Waals surface area contributed by atoms with Gasteiger partial charge in [0, 0.05) is 6.07 Å². The first-order valence-corrected chi connectivity index (χ1v) is 12.1. The van der Waals surface area contributed by atoms with Crippen LogP contribution in [-0.4, -0.2) is 58.8 Å². The van der Waals surface area contributed by atoms with Gasteiger partial charge in [-0.15, -0.1) is 0 Å². The van der Waals surface area contributed by atoms with E-state index in [1.807, 2.05) is 0 Å². The van der Waals surface area contributed by atoms with Crippen LogP contribution in [0.25, 0.3) is 5.65 Å². The summed E-state index contributed by atoms with van der Waals surface area (Å²) in [5, 5.41) is 2.80. The van der Waals surface area contributed by atoms with Crippen LogP contribution in [0.2, 0.25) is 0 Å². The lowest BCUT2D eigenvalue weighted by molar-refractivity contribution is 0.0802. The minimum atomic E-state index is -3.15. The Hall–Kier alpha value is -3.35. The second kappa shape index (κ2) is 8.78. The maximum Gasteiger partial charge on any atom is 0.272 e. The highest BCUT2D eigenvalue weighted by Gasteiger charge is 2.48. The number of ether oxygens (including phenoxy) is 2. The highest BCUT2D eigenvalue weighted by molar-refractivity contribution is 7.93. The van der Waals surface area contributed by atoms with E-state index >= 15 is 0 Å². The lowest BCUT2D eigenvalue weighted by atomic mass is 10.00. The molecule has 0 aromatic carbocycles. The van der Waals surface area contributed by atoms with Gasteiger partial charge in [0.25, 0.3) is 18.2 Å². The number of rotatable bonds is 8. The Bertz CT molecular complexity index is 1350. The molecule has 9 nitrogen and oxygen atoms in total. The fourth-order valence-electron chi connectivity index (χ4n) is 3.74. The van der Waals surface area contributed by atoms with E-state index in [2.05, 4.69) is 15.3 Å². The Balaban J connectivity index is 1.58. The molecule has 0 aliphatic carbocycles. The van der Waals surface area contributed by atoms with E-state index in [9.17, 15) is 26.4 Å². The fraction of sp³-hybridized carbons (Fsp3) is 0.381. The number of sulfone groups is 1. The van der Waals surface area contributed by atoms with E-state index in [0.717, 1.165) is 12.3 Å². The van der Waals surface area contributed by atoms with E-state index in [1.54, 1.807) is 24.3 Å². The summed E-state index contributed by atoms with van der Waals surface area (Å²) in [6, 6.07) is 3.96. The largest absolute Gasteiger partial charge is 0.482 e. The molecule has 3 aromatic heterocycles. The summed E-state index contributed by atoms with van der Waals surface area (Å²) < 4.78 is 73.9. The number of carbonyl (C=O) groups excluding carboxylic acids is 1. The molecule has 1 aliphatic heterocycles. The Morgan fingerprint density at radius 1 is 1.32 bits per heavy atom. The molecule has 1 N–H and O–H groups in total. The predicted molar refractivity (Wildman–Crippen MR) is 115 cm³/mol. The average molecular weight is 498 g/mol. The van der Waals surface area contributed by atoms with Crippen molar-refractivity contribution in [3.8, 4) is 17.4 Å². The van der Waals surface area contributed by atoms with E-state index in [1.165, 1.54) is 12.3 Å². The highest BCUT2D eigenvalue weighted by Crippen LogP contribution is 2.31. The van der Waals surface area contributed by atoms with Gasteiger partial charge < -0.3 is 14.8 Å². The van der Waals surface area contributed by atoms with Gasteiger partial charge in [-0.3, -0.25) is 9.20 Å². The molecule has 1 amide bonds. The molecule has 1 saturated heterocycles.